The quantitative estimate of drug-likeness (QED) is 0.169. The van der Waals surface area contributed by atoms with E-state index in [1.807, 2.05) is 12.1 Å². The van der Waals surface area contributed by atoms with Crippen LogP contribution in [0.25, 0.3) is 44.2 Å². The molecule has 1 unspecified atom stereocenters. The molecule has 9 aromatic rings. The number of ether oxygens (including phenoxy) is 2. The van der Waals surface area contributed by atoms with E-state index in [-0.39, 0.29) is 6.04 Å². The van der Waals surface area contributed by atoms with Crippen LogP contribution >= 0.6 is 0 Å². The summed E-state index contributed by atoms with van der Waals surface area (Å²) in [5.41, 5.74) is 12.7. The van der Waals surface area contributed by atoms with Crippen molar-refractivity contribution in [3.8, 4) is 45.3 Å². The Bertz CT molecular complexity index is 3100. The molecule has 0 radical (unpaired) electrons. The standard InChI is InChI=1S/C55H37NO3/c1-4-14-38(15-5-1)55(39-16-6-2-7-17-39)46-22-12-10-21-45(46)53-47(55)31-33-50-54(53)59-49-32-29-42(35-52(49)58-50)56(40-18-8-3-9-19-40)41-27-24-36(25-28-41)37-26-30-44-43-20-11-13-23-48(43)57-51(44)34-37/h1-18,20-35,40H,19H2. The van der Waals surface area contributed by atoms with Gasteiger partial charge in [-0.15, -0.1) is 0 Å². The summed E-state index contributed by atoms with van der Waals surface area (Å²) in [6, 6.07) is 64.7. The second kappa shape index (κ2) is 13.3. The number of benzene rings is 8. The third kappa shape index (κ3) is 5.16. The highest BCUT2D eigenvalue weighted by Crippen LogP contribution is 2.62. The summed E-state index contributed by atoms with van der Waals surface area (Å²) >= 11 is 0. The molecular formula is C55H37NO3. The molecule has 12 rings (SSSR count). The lowest BCUT2D eigenvalue weighted by Crippen LogP contribution is -2.29. The first-order valence-corrected chi connectivity index (χ1v) is 20.3. The summed E-state index contributed by atoms with van der Waals surface area (Å²) in [5, 5.41) is 2.27. The van der Waals surface area contributed by atoms with Gasteiger partial charge in [-0.2, -0.15) is 0 Å². The van der Waals surface area contributed by atoms with Crippen molar-refractivity contribution >= 4 is 33.3 Å². The van der Waals surface area contributed by atoms with Crippen LogP contribution < -0.4 is 14.4 Å². The highest BCUT2D eigenvalue weighted by Gasteiger charge is 2.48. The summed E-state index contributed by atoms with van der Waals surface area (Å²) in [6.07, 6.45) is 9.63. The molecule has 4 heteroatoms. The highest BCUT2D eigenvalue weighted by atomic mass is 16.6. The topological polar surface area (TPSA) is 34.8 Å². The van der Waals surface area contributed by atoms with Crippen molar-refractivity contribution in [2.75, 3.05) is 4.90 Å². The molecular weight excluding hydrogens is 723 g/mol. The molecule has 2 aliphatic carbocycles. The van der Waals surface area contributed by atoms with E-state index in [9.17, 15) is 0 Å². The van der Waals surface area contributed by atoms with E-state index in [0.29, 0.717) is 17.2 Å². The molecule has 8 aromatic carbocycles. The predicted molar refractivity (Wildman–Crippen MR) is 238 cm³/mol. The van der Waals surface area contributed by atoms with E-state index < -0.39 is 5.41 Å². The Hall–Kier alpha value is -7.56. The molecule has 59 heavy (non-hydrogen) atoms. The molecule has 0 N–H and O–H groups in total. The summed E-state index contributed by atoms with van der Waals surface area (Å²) < 4.78 is 20.0. The Labute approximate surface area is 342 Å². The Morgan fingerprint density at radius 1 is 0.492 bits per heavy atom. The Balaban J connectivity index is 0.922. The van der Waals surface area contributed by atoms with Crippen molar-refractivity contribution < 1.29 is 13.9 Å². The first-order valence-electron chi connectivity index (χ1n) is 20.3. The van der Waals surface area contributed by atoms with Gasteiger partial charge in [0.2, 0.25) is 0 Å². The number of para-hydroxylation sites is 1. The summed E-state index contributed by atoms with van der Waals surface area (Å²) in [4.78, 5) is 2.39. The molecule has 2 heterocycles. The number of rotatable bonds is 6. The van der Waals surface area contributed by atoms with Crippen molar-refractivity contribution in [2.24, 2.45) is 0 Å². The smallest absolute Gasteiger partial charge is 0.178 e. The van der Waals surface area contributed by atoms with Gasteiger partial charge in [-0.05, 0) is 93.9 Å². The average molecular weight is 760 g/mol. The third-order valence-corrected chi connectivity index (χ3v) is 12.3. The molecule has 0 bridgehead atoms. The second-order valence-electron chi connectivity index (χ2n) is 15.5. The minimum absolute atomic E-state index is 0.122. The highest BCUT2D eigenvalue weighted by molar-refractivity contribution is 6.06. The third-order valence-electron chi connectivity index (χ3n) is 12.3. The summed E-state index contributed by atoms with van der Waals surface area (Å²) in [7, 11) is 0. The number of furan rings is 1. The number of fused-ring (bicyclic) bond motifs is 9. The van der Waals surface area contributed by atoms with Gasteiger partial charge in [-0.25, -0.2) is 0 Å². The van der Waals surface area contributed by atoms with Crippen LogP contribution in [0.15, 0.2) is 211 Å². The Morgan fingerprint density at radius 3 is 1.98 bits per heavy atom. The number of nitrogens with zero attached hydrogens (tertiary/aromatic N) is 1. The lowest BCUT2D eigenvalue weighted by molar-refractivity contribution is 0.360. The van der Waals surface area contributed by atoms with E-state index in [1.54, 1.807) is 0 Å². The van der Waals surface area contributed by atoms with Crippen molar-refractivity contribution in [3.05, 3.63) is 229 Å². The van der Waals surface area contributed by atoms with Crippen molar-refractivity contribution in [3.63, 3.8) is 0 Å². The number of hydrogen-bond donors (Lipinski definition) is 0. The van der Waals surface area contributed by atoms with E-state index >= 15 is 0 Å². The zero-order valence-corrected chi connectivity index (χ0v) is 32.1. The number of allylic oxidation sites excluding steroid dienone is 2. The zero-order valence-electron chi connectivity index (χ0n) is 32.1. The second-order valence-corrected chi connectivity index (χ2v) is 15.5. The van der Waals surface area contributed by atoms with E-state index in [0.717, 1.165) is 67.7 Å². The fourth-order valence-electron chi connectivity index (χ4n) is 9.71. The van der Waals surface area contributed by atoms with Crippen LogP contribution in [0.1, 0.15) is 28.7 Å². The van der Waals surface area contributed by atoms with Gasteiger partial charge in [0.05, 0.1) is 11.5 Å². The minimum Gasteiger partial charge on any atom is -0.456 e. The van der Waals surface area contributed by atoms with Gasteiger partial charge in [-0.1, -0.05) is 152 Å². The van der Waals surface area contributed by atoms with Gasteiger partial charge in [0.1, 0.15) is 11.2 Å². The molecule has 0 amide bonds. The maximum absolute atomic E-state index is 6.97. The largest absolute Gasteiger partial charge is 0.456 e. The van der Waals surface area contributed by atoms with E-state index in [1.165, 1.54) is 22.3 Å². The first-order chi connectivity index (χ1) is 29.2. The predicted octanol–water partition coefficient (Wildman–Crippen LogP) is 14.5. The zero-order chi connectivity index (χ0) is 38.9. The molecule has 3 aliphatic rings. The minimum atomic E-state index is -0.519. The molecule has 4 nitrogen and oxygen atoms in total. The Morgan fingerprint density at radius 2 is 1.19 bits per heavy atom. The molecule has 280 valence electrons. The average Bonchev–Trinajstić information content (AvgIpc) is 3.83. The SMILES string of the molecule is C1=CCC(N(c2ccc(-c3ccc4c(c3)oc3ccccc34)cc2)c2ccc3c(c2)Oc2ccc4c(c2O3)-c2ccccc2C4(c2ccccc2)c2ccccc2)C=C1. The van der Waals surface area contributed by atoms with Gasteiger partial charge >= 0.3 is 0 Å². The molecule has 1 aromatic heterocycles. The van der Waals surface area contributed by atoms with Crippen molar-refractivity contribution in [2.45, 2.75) is 17.9 Å². The lowest BCUT2D eigenvalue weighted by Gasteiger charge is -2.34. The molecule has 1 aliphatic heterocycles. The molecule has 0 saturated heterocycles. The van der Waals surface area contributed by atoms with Gasteiger partial charge in [0.25, 0.3) is 0 Å². The summed E-state index contributed by atoms with van der Waals surface area (Å²) in [6.45, 7) is 0. The van der Waals surface area contributed by atoms with Gasteiger partial charge < -0.3 is 18.8 Å². The van der Waals surface area contributed by atoms with Crippen LogP contribution in [0.3, 0.4) is 0 Å². The van der Waals surface area contributed by atoms with E-state index in [4.69, 9.17) is 13.9 Å². The first kappa shape index (κ1) is 33.6. The molecule has 0 fully saturated rings. The van der Waals surface area contributed by atoms with Crippen LogP contribution in [-0.2, 0) is 5.41 Å². The van der Waals surface area contributed by atoms with Crippen molar-refractivity contribution in [1.29, 1.82) is 0 Å². The van der Waals surface area contributed by atoms with Crippen LogP contribution in [0, 0.1) is 0 Å². The van der Waals surface area contributed by atoms with Gasteiger partial charge in [-0.3, -0.25) is 0 Å². The fraction of sp³-hybridized carbons (Fsp3) is 0.0545. The van der Waals surface area contributed by atoms with Crippen LogP contribution in [0.2, 0.25) is 0 Å². The lowest BCUT2D eigenvalue weighted by atomic mass is 9.68. The molecule has 0 saturated carbocycles. The molecule has 0 spiro atoms. The fourth-order valence-corrected chi connectivity index (χ4v) is 9.71. The van der Waals surface area contributed by atoms with Crippen LogP contribution in [0.5, 0.6) is 23.0 Å². The van der Waals surface area contributed by atoms with Crippen molar-refractivity contribution in [1.82, 2.24) is 0 Å². The maximum atomic E-state index is 6.97. The van der Waals surface area contributed by atoms with E-state index in [2.05, 4.69) is 199 Å². The summed E-state index contributed by atoms with van der Waals surface area (Å²) in [5.74, 6) is 2.84. The van der Waals surface area contributed by atoms with Crippen LogP contribution in [-0.4, -0.2) is 6.04 Å². The monoisotopic (exact) mass is 759 g/mol. The Kier molecular flexibility index (Phi) is 7.54. The normalized spacial score (nSPS) is 15.5. The maximum Gasteiger partial charge on any atom is 0.178 e. The number of anilines is 2. The molecule has 1 atom stereocenters. The van der Waals surface area contributed by atoms with Crippen LogP contribution in [0.4, 0.5) is 11.4 Å². The van der Waals surface area contributed by atoms with Gasteiger partial charge in [0.15, 0.2) is 23.0 Å². The van der Waals surface area contributed by atoms with Gasteiger partial charge in [0, 0.05) is 33.8 Å². The number of hydrogen-bond acceptors (Lipinski definition) is 4.